The molecule has 0 aromatic heterocycles. The minimum absolute atomic E-state index is 0.0137. The second-order valence-electron chi connectivity index (χ2n) is 9.11. The van der Waals surface area contributed by atoms with Gasteiger partial charge in [0.2, 0.25) is 0 Å². The van der Waals surface area contributed by atoms with Crippen LogP contribution in [0.25, 0.3) is 0 Å². The first-order valence-electron chi connectivity index (χ1n) is 9.36. The molecule has 24 heavy (non-hydrogen) atoms. The summed E-state index contributed by atoms with van der Waals surface area (Å²) in [5, 5.41) is 0. The van der Waals surface area contributed by atoms with Gasteiger partial charge in [-0.3, -0.25) is 9.59 Å². The number of fused-ring (bicyclic) bond motifs is 5. The van der Waals surface area contributed by atoms with Gasteiger partial charge in [0.1, 0.15) is 11.6 Å². The fraction of sp³-hybridized carbons (Fsp3) is 0.800. The molecule has 0 heterocycles. The van der Waals surface area contributed by atoms with Gasteiger partial charge < -0.3 is 0 Å². The van der Waals surface area contributed by atoms with Gasteiger partial charge in [-0.1, -0.05) is 13.8 Å². The van der Waals surface area contributed by atoms with Crippen LogP contribution in [0.2, 0.25) is 0 Å². The molecular weight excluding hydrogens is 310 g/mol. The molecule has 4 heteroatoms. The largest absolute Gasteiger partial charge is 0.300 e. The minimum atomic E-state index is -1.62. The van der Waals surface area contributed by atoms with Crippen molar-refractivity contribution in [3.63, 3.8) is 0 Å². The van der Waals surface area contributed by atoms with Gasteiger partial charge in [-0.15, -0.1) is 0 Å². The molecule has 4 fully saturated rings. The average Bonchev–Trinajstić information content (AvgIpc) is 2.80. The average molecular weight is 336 g/mol. The van der Waals surface area contributed by atoms with Gasteiger partial charge in [-0.05, 0) is 55.3 Å². The van der Waals surface area contributed by atoms with Crippen molar-refractivity contribution < 1.29 is 18.4 Å². The second kappa shape index (κ2) is 5.22. The number of halogens is 2. The first kappa shape index (κ1) is 16.4. The number of hydrogen-bond donors (Lipinski definition) is 0. The van der Waals surface area contributed by atoms with Gasteiger partial charge in [0, 0.05) is 36.2 Å². The van der Waals surface area contributed by atoms with Crippen LogP contribution >= 0.6 is 0 Å². The number of rotatable bonds is 0. The third-order valence-electron chi connectivity index (χ3n) is 8.26. The number of allylic oxidation sites excluding steroid dienone is 1. The molecule has 0 N–H and O–H groups in total. The molecule has 4 aliphatic rings. The highest BCUT2D eigenvalue weighted by molar-refractivity contribution is 5.91. The summed E-state index contributed by atoms with van der Waals surface area (Å²) in [7, 11) is 0. The highest BCUT2D eigenvalue weighted by Crippen LogP contribution is 2.66. The normalized spacial score (nSPS) is 47.9. The lowest BCUT2D eigenvalue weighted by Gasteiger charge is -2.59. The van der Waals surface area contributed by atoms with E-state index in [1.54, 1.807) is 0 Å². The third-order valence-corrected chi connectivity index (χ3v) is 8.26. The predicted molar refractivity (Wildman–Crippen MR) is 86.4 cm³/mol. The maximum atomic E-state index is 13.6. The monoisotopic (exact) mass is 336 g/mol. The van der Waals surface area contributed by atoms with E-state index in [1.807, 2.05) is 6.92 Å². The number of carbonyl (C=O) groups is 2. The molecule has 0 unspecified atom stereocenters. The molecular formula is C20H26F2O2. The molecule has 0 saturated heterocycles. The highest BCUT2D eigenvalue weighted by atomic mass is 19.3. The van der Waals surface area contributed by atoms with Crippen LogP contribution in [0, 0.1) is 34.5 Å². The minimum Gasteiger partial charge on any atom is -0.300 e. The maximum absolute atomic E-state index is 13.6. The van der Waals surface area contributed by atoms with Crippen LogP contribution in [0.4, 0.5) is 8.78 Å². The van der Waals surface area contributed by atoms with E-state index in [1.165, 1.54) is 0 Å². The van der Waals surface area contributed by atoms with Crippen LogP contribution < -0.4 is 0 Å². The van der Waals surface area contributed by atoms with Gasteiger partial charge in [0.05, 0.1) is 0 Å². The molecule has 4 rings (SSSR count). The topological polar surface area (TPSA) is 34.1 Å². The highest BCUT2D eigenvalue weighted by Gasteiger charge is 2.62. The molecule has 0 aliphatic heterocycles. The van der Waals surface area contributed by atoms with Crippen LogP contribution in [0.5, 0.6) is 0 Å². The smallest absolute Gasteiger partial charge is 0.270 e. The van der Waals surface area contributed by atoms with Crippen LogP contribution in [0.1, 0.15) is 65.2 Å². The lowest BCUT2D eigenvalue weighted by molar-refractivity contribution is -0.142. The summed E-state index contributed by atoms with van der Waals surface area (Å²) in [6.45, 7) is 4.21. The number of carbonyl (C=O) groups excluding carboxylic acids is 2. The molecule has 132 valence electrons. The van der Waals surface area contributed by atoms with E-state index in [9.17, 15) is 18.4 Å². The van der Waals surface area contributed by atoms with E-state index in [2.05, 4.69) is 6.92 Å². The van der Waals surface area contributed by atoms with Crippen molar-refractivity contribution in [1.29, 1.82) is 0 Å². The quantitative estimate of drug-likeness (QED) is 0.629. The molecule has 0 amide bonds. The summed E-state index contributed by atoms with van der Waals surface area (Å²) in [4.78, 5) is 24.4. The molecule has 4 aliphatic carbocycles. The molecule has 4 saturated carbocycles. The van der Waals surface area contributed by atoms with Gasteiger partial charge in [-0.2, -0.15) is 8.78 Å². The molecule has 0 bridgehead atoms. The Hall–Kier alpha value is -1.06. The Kier molecular flexibility index (Phi) is 3.57. The van der Waals surface area contributed by atoms with Crippen molar-refractivity contribution in [2.75, 3.05) is 0 Å². The molecule has 0 aromatic carbocycles. The van der Waals surface area contributed by atoms with Crippen molar-refractivity contribution in [3.8, 4) is 0 Å². The number of Topliss-reactive ketones (excluding diaryl/α,β-unsaturated/α-hetero) is 2. The van der Waals surface area contributed by atoms with Gasteiger partial charge in [0.25, 0.3) is 6.08 Å². The Balaban J connectivity index is 1.73. The first-order chi connectivity index (χ1) is 11.3. The van der Waals surface area contributed by atoms with Gasteiger partial charge >= 0.3 is 0 Å². The van der Waals surface area contributed by atoms with Crippen LogP contribution in [0.15, 0.2) is 11.7 Å². The fourth-order valence-corrected chi connectivity index (χ4v) is 6.88. The number of hydrogen-bond acceptors (Lipinski definition) is 2. The summed E-state index contributed by atoms with van der Waals surface area (Å²) in [5.41, 5.74) is -0.374. The van der Waals surface area contributed by atoms with E-state index in [-0.39, 0.29) is 35.0 Å². The van der Waals surface area contributed by atoms with Crippen LogP contribution in [0.3, 0.4) is 0 Å². The molecule has 6 atom stereocenters. The standard InChI is InChI=1S/C20H26F2O2/c1-19-7-5-12(23)9-11(19)3-4-13-15(19)6-8-20(2)16(24)10-14(17(13)20)18(21)22/h11,13,15,17H,3-10H2,1-2H3/t11-,13+,15-,17+,19-,20+/m0/s1. The van der Waals surface area contributed by atoms with Gasteiger partial charge in [0.15, 0.2) is 0 Å². The van der Waals surface area contributed by atoms with Crippen molar-refractivity contribution in [2.24, 2.45) is 34.5 Å². The fourth-order valence-electron chi connectivity index (χ4n) is 6.88. The Labute approximate surface area is 142 Å². The van der Waals surface area contributed by atoms with Gasteiger partial charge in [-0.25, -0.2) is 0 Å². The zero-order valence-corrected chi connectivity index (χ0v) is 14.5. The van der Waals surface area contributed by atoms with Crippen molar-refractivity contribution in [2.45, 2.75) is 65.2 Å². The number of ketones is 2. The summed E-state index contributed by atoms with van der Waals surface area (Å²) in [6.07, 6.45) is 4.05. The van der Waals surface area contributed by atoms with E-state index in [0.717, 1.165) is 32.1 Å². The van der Waals surface area contributed by atoms with E-state index < -0.39 is 11.5 Å². The molecule has 0 radical (unpaired) electrons. The Bertz CT molecular complexity index is 636. The van der Waals surface area contributed by atoms with Crippen molar-refractivity contribution in [1.82, 2.24) is 0 Å². The predicted octanol–water partition coefficient (Wildman–Crippen LogP) is 4.93. The first-order valence-corrected chi connectivity index (χ1v) is 9.36. The van der Waals surface area contributed by atoms with E-state index >= 15 is 0 Å². The zero-order chi connectivity index (χ0) is 17.3. The lowest BCUT2D eigenvalue weighted by atomic mass is 9.45. The summed E-state index contributed by atoms with van der Waals surface area (Å²) in [5.74, 6) is 1.07. The summed E-state index contributed by atoms with van der Waals surface area (Å²) >= 11 is 0. The van der Waals surface area contributed by atoms with Crippen LogP contribution in [-0.2, 0) is 9.59 Å². The Morgan fingerprint density at radius 1 is 1.08 bits per heavy atom. The van der Waals surface area contributed by atoms with E-state index in [4.69, 9.17) is 0 Å². The lowest BCUT2D eigenvalue weighted by Crippen LogP contribution is -2.53. The Morgan fingerprint density at radius 3 is 2.54 bits per heavy atom. The third kappa shape index (κ3) is 2.04. The Morgan fingerprint density at radius 2 is 1.83 bits per heavy atom. The second-order valence-corrected chi connectivity index (χ2v) is 9.11. The molecule has 2 nitrogen and oxygen atoms in total. The van der Waals surface area contributed by atoms with E-state index in [0.29, 0.717) is 30.5 Å². The summed E-state index contributed by atoms with van der Waals surface area (Å²) < 4.78 is 27.2. The van der Waals surface area contributed by atoms with Crippen LogP contribution in [-0.4, -0.2) is 11.6 Å². The molecule has 0 aromatic rings. The zero-order valence-electron chi connectivity index (χ0n) is 14.5. The van der Waals surface area contributed by atoms with Crippen molar-refractivity contribution >= 4 is 11.6 Å². The maximum Gasteiger partial charge on any atom is 0.270 e. The summed E-state index contributed by atoms with van der Waals surface area (Å²) in [6, 6.07) is 0. The SMILES string of the molecule is C[C@]12CCC(=O)C[C@@H]1CC[C@@H]1[C@@H]2CC[C@]2(C)C(=O)CC(=C(F)F)[C@@H]12. The molecule has 0 spiro atoms. The van der Waals surface area contributed by atoms with Crippen molar-refractivity contribution in [3.05, 3.63) is 11.7 Å².